The van der Waals surface area contributed by atoms with Crippen molar-refractivity contribution in [2.45, 2.75) is 26.3 Å². The van der Waals surface area contributed by atoms with E-state index in [9.17, 15) is 4.79 Å². The first-order valence-corrected chi connectivity index (χ1v) is 5.40. The van der Waals surface area contributed by atoms with Gasteiger partial charge in [-0.3, -0.25) is 4.79 Å². The zero-order valence-electron chi connectivity index (χ0n) is 10.4. The van der Waals surface area contributed by atoms with Gasteiger partial charge >= 0.3 is 0 Å². The van der Waals surface area contributed by atoms with Crippen molar-refractivity contribution in [3.05, 3.63) is 29.6 Å². The van der Waals surface area contributed by atoms with Gasteiger partial charge in [-0.15, -0.1) is 0 Å². The highest BCUT2D eigenvalue weighted by Crippen LogP contribution is 2.03. The number of nitrogens with zero attached hydrogens (tertiary/aromatic N) is 1. The van der Waals surface area contributed by atoms with Gasteiger partial charge in [0.05, 0.1) is 6.54 Å². The summed E-state index contributed by atoms with van der Waals surface area (Å²) in [6, 6.07) is 3.41. The lowest BCUT2D eigenvalue weighted by Gasteiger charge is -2.19. The number of nitrogens with two attached hydrogens (primary N) is 1. The molecule has 0 aliphatic rings. The van der Waals surface area contributed by atoms with E-state index in [1.807, 2.05) is 20.8 Å². The summed E-state index contributed by atoms with van der Waals surface area (Å²) in [6.07, 6.45) is 1.57. The highest BCUT2D eigenvalue weighted by molar-refractivity contribution is 5.92. The Labute approximate surface area is 102 Å². The van der Waals surface area contributed by atoms with Crippen LogP contribution in [-0.4, -0.2) is 23.0 Å². The maximum Gasteiger partial charge on any atom is 0.270 e. The summed E-state index contributed by atoms with van der Waals surface area (Å²) in [6.45, 7) is 6.08. The van der Waals surface area contributed by atoms with Crippen molar-refractivity contribution < 1.29 is 4.79 Å². The fourth-order valence-corrected chi connectivity index (χ4v) is 1.16. The number of rotatable bonds is 1. The third-order valence-corrected chi connectivity index (χ3v) is 1.82. The fraction of sp³-hybridized carbons (Fsp3) is 0.385. The molecule has 90 valence electrons. The van der Waals surface area contributed by atoms with Gasteiger partial charge in [0.1, 0.15) is 5.69 Å². The fourth-order valence-electron chi connectivity index (χ4n) is 1.16. The molecule has 0 aromatic carbocycles. The number of aromatic nitrogens is 1. The van der Waals surface area contributed by atoms with E-state index in [1.54, 1.807) is 18.3 Å². The Morgan fingerprint density at radius 2 is 2.18 bits per heavy atom. The molecule has 1 rings (SSSR count). The third-order valence-electron chi connectivity index (χ3n) is 1.82. The smallest absolute Gasteiger partial charge is 0.270 e. The van der Waals surface area contributed by atoms with Crippen molar-refractivity contribution in [3.63, 3.8) is 0 Å². The Balaban J connectivity index is 2.77. The van der Waals surface area contributed by atoms with Crippen molar-refractivity contribution in [1.29, 1.82) is 0 Å². The van der Waals surface area contributed by atoms with Crippen LogP contribution in [0, 0.1) is 11.8 Å². The van der Waals surface area contributed by atoms with Crippen LogP contribution < -0.4 is 11.1 Å². The Kier molecular flexibility index (Phi) is 4.24. The second kappa shape index (κ2) is 5.46. The SMILES string of the molecule is CC(C)(C)NC(=O)c1ccc(C#CCN)cn1. The van der Waals surface area contributed by atoms with Crippen LogP contribution in [0.2, 0.25) is 0 Å². The van der Waals surface area contributed by atoms with Crippen molar-refractivity contribution in [1.82, 2.24) is 10.3 Å². The molecule has 4 nitrogen and oxygen atoms in total. The Hall–Kier alpha value is -1.86. The standard InChI is InChI=1S/C13H17N3O/c1-13(2,3)16-12(17)11-7-6-10(9-15-11)5-4-8-14/h6-7,9H,8,14H2,1-3H3,(H,16,17). The third kappa shape index (κ3) is 4.66. The summed E-state index contributed by atoms with van der Waals surface area (Å²) in [4.78, 5) is 15.8. The summed E-state index contributed by atoms with van der Waals surface area (Å²) in [5.41, 5.74) is 6.14. The van der Waals surface area contributed by atoms with E-state index in [4.69, 9.17) is 5.73 Å². The first-order chi connectivity index (χ1) is 7.92. The molecular formula is C13H17N3O. The van der Waals surface area contributed by atoms with Crippen LogP contribution in [-0.2, 0) is 0 Å². The molecule has 0 aliphatic carbocycles. The highest BCUT2D eigenvalue weighted by Gasteiger charge is 2.15. The maximum atomic E-state index is 11.8. The molecule has 0 bridgehead atoms. The molecule has 17 heavy (non-hydrogen) atoms. The van der Waals surface area contributed by atoms with Gasteiger partial charge in [-0.25, -0.2) is 4.98 Å². The van der Waals surface area contributed by atoms with Crippen LogP contribution in [0.15, 0.2) is 18.3 Å². The summed E-state index contributed by atoms with van der Waals surface area (Å²) in [5, 5.41) is 2.84. The minimum atomic E-state index is -0.267. The molecule has 0 saturated carbocycles. The number of carbonyl (C=O) groups excluding carboxylic acids is 1. The lowest BCUT2D eigenvalue weighted by Crippen LogP contribution is -2.40. The summed E-state index contributed by atoms with van der Waals surface area (Å²) in [7, 11) is 0. The van der Waals surface area contributed by atoms with E-state index in [0.717, 1.165) is 5.56 Å². The van der Waals surface area contributed by atoms with Crippen molar-refractivity contribution in [2.24, 2.45) is 5.73 Å². The molecule has 0 saturated heterocycles. The van der Waals surface area contributed by atoms with Gasteiger partial charge in [-0.2, -0.15) is 0 Å². The number of hydrogen-bond acceptors (Lipinski definition) is 3. The summed E-state index contributed by atoms with van der Waals surface area (Å²) in [5.74, 6) is 5.39. The van der Waals surface area contributed by atoms with Crippen LogP contribution in [0.3, 0.4) is 0 Å². The molecule has 1 amide bonds. The van der Waals surface area contributed by atoms with Gasteiger partial charge in [-0.05, 0) is 32.9 Å². The van der Waals surface area contributed by atoms with Crippen molar-refractivity contribution >= 4 is 5.91 Å². The first-order valence-electron chi connectivity index (χ1n) is 5.40. The molecular weight excluding hydrogens is 214 g/mol. The number of hydrogen-bond donors (Lipinski definition) is 2. The number of nitrogens with one attached hydrogen (secondary N) is 1. The minimum Gasteiger partial charge on any atom is -0.346 e. The molecule has 0 aliphatic heterocycles. The average molecular weight is 231 g/mol. The van der Waals surface area contributed by atoms with Gasteiger partial charge in [0, 0.05) is 17.3 Å². The molecule has 4 heteroatoms. The second-order valence-electron chi connectivity index (χ2n) is 4.64. The van der Waals surface area contributed by atoms with E-state index in [0.29, 0.717) is 12.2 Å². The van der Waals surface area contributed by atoms with Gasteiger partial charge < -0.3 is 11.1 Å². The zero-order valence-corrected chi connectivity index (χ0v) is 10.4. The zero-order chi connectivity index (χ0) is 12.9. The molecule has 0 unspecified atom stereocenters. The molecule has 1 aromatic rings. The number of pyridine rings is 1. The first kappa shape index (κ1) is 13.2. The molecule has 0 radical (unpaired) electrons. The molecule has 1 aromatic heterocycles. The molecule has 1 heterocycles. The quantitative estimate of drug-likeness (QED) is 0.706. The molecule has 0 spiro atoms. The van der Waals surface area contributed by atoms with Crippen LogP contribution in [0.25, 0.3) is 0 Å². The van der Waals surface area contributed by atoms with E-state index in [1.165, 1.54) is 0 Å². The van der Waals surface area contributed by atoms with Crippen LogP contribution in [0.4, 0.5) is 0 Å². The predicted octanol–water partition coefficient (Wildman–Crippen LogP) is 0.920. The topological polar surface area (TPSA) is 68.0 Å². The van der Waals surface area contributed by atoms with Crippen molar-refractivity contribution in [2.75, 3.05) is 6.54 Å². The lowest BCUT2D eigenvalue weighted by atomic mass is 10.1. The molecule has 0 atom stereocenters. The van der Waals surface area contributed by atoms with E-state index >= 15 is 0 Å². The summed E-state index contributed by atoms with van der Waals surface area (Å²) < 4.78 is 0. The van der Waals surface area contributed by atoms with E-state index < -0.39 is 0 Å². The van der Waals surface area contributed by atoms with Gasteiger partial charge in [0.2, 0.25) is 0 Å². The normalized spacial score (nSPS) is 10.4. The average Bonchev–Trinajstić information content (AvgIpc) is 2.24. The lowest BCUT2D eigenvalue weighted by molar-refractivity contribution is 0.0914. The maximum absolute atomic E-state index is 11.8. The molecule has 3 N–H and O–H groups in total. The number of carbonyl (C=O) groups is 1. The summed E-state index contributed by atoms with van der Waals surface area (Å²) >= 11 is 0. The predicted molar refractivity (Wildman–Crippen MR) is 67.4 cm³/mol. The largest absolute Gasteiger partial charge is 0.346 e. The van der Waals surface area contributed by atoms with E-state index in [-0.39, 0.29) is 11.4 Å². The van der Waals surface area contributed by atoms with Crippen LogP contribution in [0.1, 0.15) is 36.8 Å². The Bertz CT molecular complexity index is 446. The number of amides is 1. The van der Waals surface area contributed by atoms with Crippen LogP contribution >= 0.6 is 0 Å². The second-order valence-corrected chi connectivity index (χ2v) is 4.64. The van der Waals surface area contributed by atoms with Gasteiger partial charge in [-0.1, -0.05) is 11.8 Å². The van der Waals surface area contributed by atoms with Gasteiger partial charge in [0.15, 0.2) is 0 Å². The van der Waals surface area contributed by atoms with Crippen molar-refractivity contribution in [3.8, 4) is 11.8 Å². The Morgan fingerprint density at radius 3 is 2.65 bits per heavy atom. The minimum absolute atomic E-state index is 0.184. The van der Waals surface area contributed by atoms with Crippen LogP contribution in [0.5, 0.6) is 0 Å². The van der Waals surface area contributed by atoms with Gasteiger partial charge in [0.25, 0.3) is 5.91 Å². The Morgan fingerprint density at radius 1 is 1.47 bits per heavy atom. The monoisotopic (exact) mass is 231 g/mol. The molecule has 0 fully saturated rings. The van der Waals surface area contributed by atoms with E-state index in [2.05, 4.69) is 22.1 Å². The highest BCUT2D eigenvalue weighted by atomic mass is 16.2.